The van der Waals surface area contributed by atoms with Crippen LogP contribution in [-0.4, -0.2) is 16.5 Å². The molecule has 1 aliphatic carbocycles. The van der Waals surface area contributed by atoms with E-state index in [1.54, 1.807) is 0 Å². The van der Waals surface area contributed by atoms with Crippen LogP contribution >= 0.6 is 0 Å². The van der Waals surface area contributed by atoms with Crippen molar-refractivity contribution in [2.24, 2.45) is 11.8 Å². The van der Waals surface area contributed by atoms with Gasteiger partial charge in [-0.1, -0.05) is 12.8 Å². The van der Waals surface area contributed by atoms with Crippen LogP contribution in [0.2, 0.25) is 0 Å². The molecule has 98 valence electrons. The van der Waals surface area contributed by atoms with Gasteiger partial charge in [0.25, 0.3) is 0 Å². The van der Waals surface area contributed by atoms with E-state index in [2.05, 4.69) is 15.7 Å². The fraction of sp³-hybridized carbons (Fsp3) is 0.545. The van der Waals surface area contributed by atoms with Gasteiger partial charge in [0.1, 0.15) is 5.82 Å². The standard InChI is InChI=1S/C11H17N5O2/c12-15-10-6-5-9(16(17)18)11(14-10)13-7-1-2-8-3-4-8/h5-6,8H,1-4,7,12H2,(H2,13,14,15). The van der Waals surface area contributed by atoms with E-state index in [9.17, 15) is 10.1 Å². The fourth-order valence-electron chi connectivity index (χ4n) is 1.81. The zero-order valence-corrected chi connectivity index (χ0v) is 10.1. The minimum atomic E-state index is -0.448. The molecule has 0 radical (unpaired) electrons. The van der Waals surface area contributed by atoms with Crippen LogP contribution in [-0.2, 0) is 0 Å². The maximum Gasteiger partial charge on any atom is 0.311 e. The number of aromatic nitrogens is 1. The second kappa shape index (κ2) is 5.63. The molecule has 0 aromatic carbocycles. The molecule has 0 saturated heterocycles. The summed E-state index contributed by atoms with van der Waals surface area (Å²) in [5, 5.41) is 13.9. The number of pyridine rings is 1. The smallest absolute Gasteiger partial charge is 0.311 e. The van der Waals surface area contributed by atoms with Crippen LogP contribution < -0.4 is 16.6 Å². The largest absolute Gasteiger partial charge is 0.364 e. The zero-order valence-electron chi connectivity index (χ0n) is 10.1. The Bertz CT molecular complexity index is 433. The number of nitro groups is 1. The van der Waals surface area contributed by atoms with E-state index in [4.69, 9.17) is 5.84 Å². The normalized spacial score (nSPS) is 14.3. The third-order valence-electron chi connectivity index (χ3n) is 3.00. The third-order valence-corrected chi connectivity index (χ3v) is 3.00. The van der Waals surface area contributed by atoms with Crippen LogP contribution in [0.25, 0.3) is 0 Å². The summed E-state index contributed by atoms with van der Waals surface area (Å²) in [6.45, 7) is 0.693. The summed E-state index contributed by atoms with van der Waals surface area (Å²) in [6.07, 6.45) is 4.83. The molecular formula is C11H17N5O2. The number of nitrogens with two attached hydrogens (primary N) is 1. The zero-order chi connectivity index (χ0) is 13.0. The van der Waals surface area contributed by atoms with Gasteiger partial charge in [0.15, 0.2) is 0 Å². The summed E-state index contributed by atoms with van der Waals surface area (Å²) in [4.78, 5) is 14.5. The number of hydrogen-bond acceptors (Lipinski definition) is 6. The van der Waals surface area contributed by atoms with E-state index in [0.29, 0.717) is 12.4 Å². The number of nitrogens with one attached hydrogen (secondary N) is 2. The highest BCUT2D eigenvalue weighted by Gasteiger charge is 2.20. The van der Waals surface area contributed by atoms with Crippen molar-refractivity contribution in [1.29, 1.82) is 0 Å². The van der Waals surface area contributed by atoms with E-state index in [1.165, 1.54) is 31.4 Å². The Morgan fingerprint density at radius 2 is 2.28 bits per heavy atom. The Labute approximate surface area is 105 Å². The average molecular weight is 251 g/mol. The second-order valence-corrected chi connectivity index (χ2v) is 4.48. The summed E-state index contributed by atoms with van der Waals surface area (Å²) in [5.74, 6) is 6.78. The van der Waals surface area contributed by atoms with Crippen LogP contribution in [0.1, 0.15) is 25.7 Å². The Kier molecular flexibility index (Phi) is 3.93. The summed E-state index contributed by atoms with van der Waals surface area (Å²) in [6, 6.07) is 2.87. The molecular weight excluding hydrogens is 234 g/mol. The first-order chi connectivity index (χ1) is 8.70. The number of rotatable bonds is 7. The quantitative estimate of drug-likeness (QED) is 0.295. The van der Waals surface area contributed by atoms with Crippen molar-refractivity contribution >= 4 is 17.3 Å². The maximum atomic E-state index is 10.8. The van der Waals surface area contributed by atoms with Crippen LogP contribution in [0, 0.1) is 16.0 Å². The molecule has 1 fully saturated rings. The van der Waals surface area contributed by atoms with Crippen LogP contribution in [0.3, 0.4) is 0 Å². The van der Waals surface area contributed by atoms with Gasteiger partial charge in [-0.05, 0) is 24.8 Å². The van der Waals surface area contributed by atoms with Gasteiger partial charge < -0.3 is 10.7 Å². The molecule has 0 unspecified atom stereocenters. The molecule has 1 aromatic heterocycles. The van der Waals surface area contributed by atoms with Gasteiger partial charge >= 0.3 is 5.69 Å². The molecule has 0 amide bonds. The maximum absolute atomic E-state index is 10.8. The van der Waals surface area contributed by atoms with Crippen LogP contribution in [0.15, 0.2) is 12.1 Å². The molecule has 7 nitrogen and oxygen atoms in total. The van der Waals surface area contributed by atoms with Crippen LogP contribution in [0.4, 0.5) is 17.3 Å². The molecule has 0 spiro atoms. The van der Waals surface area contributed by atoms with Crippen molar-refractivity contribution in [3.05, 3.63) is 22.2 Å². The lowest BCUT2D eigenvalue weighted by atomic mass is 10.2. The van der Waals surface area contributed by atoms with E-state index in [1.807, 2.05) is 0 Å². The van der Waals surface area contributed by atoms with Gasteiger partial charge in [0.05, 0.1) is 4.92 Å². The Balaban J connectivity index is 1.95. The van der Waals surface area contributed by atoms with Gasteiger partial charge in [-0.3, -0.25) is 10.1 Å². The highest BCUT2D eigenvalue weighted by atomic mass is 16.6. The number of hydrazine groups is 1. The monoisotopic (exact) mass is 251 g/mol. The first kappa shape index (κ1) is 12.6. The second-order valence-electron chi connectivity index (χ2n) is 4.48. The van der Waals surface area contributed by atoms with Crippen molar-refractivity contribution < 1.29 is 4.92 Å². The third kappa shape index (κ3) is 3.30. The van der Waals surface area contributed by atoms with Gasteiger partial charge in [0.2, 0.25) is 5.82 Å². The van der Waals surface area contributed by atoms with E-state index >= 15 is 0 Å². The first-order valence-electron chi connectivity index (χ1n) is 6.06. The topological polar surface area (TPSA) is 106 Å². The molecule has 18 heavy (non-hydrogen) atoms. The Morgan fingerprint density at radius 1 is 1.50 bits per heavy atom. The highest BCUT2D eigenvalue weighted by molar-refractivity contribution is 5.59. The molecule has 4 N–H and O–H groups in total. The molecule has 1 heterocycles. The number of hydrogen-bond donors (Lipinski definition) is 3. The van der Waals surface area contributed by atoms with E-state index in [0.717, 1.165) is 12.3 Å². The predicted octanol–water partition coefficient (Wildman–Crippen LogP) is 1.88. The summed E-state index contributed by atoms with van der Waals surface area (Å²) < 4.78 is 0. The minimum absolute atomic E-state index is 0.0274. The average Bonchev–Trinajstić information content (AvgIpc) is 3.18. The van der Waals surface area contributed by atoms with Gasteiger partial charge in [-0.25, -0.2) is 10.8 Å². The van der Waals surface area contributed by atoms with E-state index < -0.39 is 4.92 Å². The van der Waals surface area contributed by atoms with Crippen molar-refractivity contribution in [3.63, 3.8) is 0 Å². The first-order valence-corrected chi connectivity index (χ1v) is 6.06. The number of nitrogen functional groups attached to an aromatic ring is 1. The minimum Gasteiger partial charge on any atom is -0.364 e. The molecule has 2 rings (SSSR count). The lowest BCUT2D eigenvalue weighted by molar-refractivity contribution is -0.384. The molecule has 1 aromatic rings. The molecule has 0 aliphatic heterocycles. The van der Waals surface area contributed by atoms with Gasteiger partial charge in [-0.2, -0.15) is 0 Å². The van der Waals surface area contributed by atoms with Crippen LogP contribution in [0.5, 0.6) is 0 Å². The van der Waals surface area contributed by atoms with Crippen molar-refractivity contribution in [3.8, 4) is 0 Å². The summed E-state index contributed by atoms with van der Waals surface area (Å²) in [5.41, 5.74) is 2.35. The van der Waals surface area contributed by atoms with Gasteiger partial charge in [-0.15, -0.1) is 0 Å². The molecule has 1 aliphatic rings. The summed E-state index contributed by atoms with van der Waals surface area (Å²) >= 11 is 0. The van der Waals surface area contributed by atoms with Gasteiger partial charge in [0, 0.05) is 12.6 Å². The van der Waals surface area contributed by atoms with E-state index in [-0.39, 0.29) is 11.5 Å². The molecule has 1 saturated carbocycles. The molecule has 0 bridgehead atoms. The number of anilines is 2. The van der Waals surface area contributed by atoms with Crippen molar-refractivity contribution in [1.82, 2.24) is 4.98 Å². The lowest BCUT2D eigenvalue weighted by Gasteiger charge is -2.07. The lowest BCUT2D eigenvalue weighted by Crippen LogP contribution is -2.12. The van der Waals surface area contributed by atoms with Crippen molar-refractivity contribution in [2.45, 2.75) is 25.7 Å². The molecule has 0 atom stereocenters. The SMILES string of the molecule is NNc1ccc([N+](=O)[O-])c(NCCCC2CC2)n1. The summed E-state index contributed by atoms with van der Waals surface area (Å²) in [7, 11) is 0. The Morgan fingerprint density at radius 3 is 2.89 bits per heavy atom. The number of nitrogens with zero attached hydrogens (tertiary/aromatic N) is 2. The van der Waals surface area contributed by atoms with Crippen molar-refractivity contribution in [2.75, 3.05) is 17.3 Å². The fourth-order valence-corrected chi connectivity index (χ4v) is 1.81. The Hall–Kier alpha value is -1.89. The molecule has 7 heteroatoms. The predicted molar refractivity (Wildman–Crippen MR) is 69.1 cm³/mol. The highest BCUT2D eigenvalue weighted by Crippen LogP contribution is 2.33.